The van der Waals surface area contributed by atoms with Crippen LogP contribution in [0, 0.1) is 0 Å². The van der Waals surface area contributed by atoms with Gasteiger partial charge in [0.1, 0.15) is 16.8 Å². The third kappa shape index (κ3) is 5.39. The lowest BCUT2D eigenvalue weighted by molar-refractivity contribution is -0.116. The number of benzene rings is 2. The zero-order valence-corrected chi connectivity index (χ0v) is 19.3. The molecule has 31 heavy (non-hydrogen) atoms. The number of carbonyl (C=O) groups excluding carboxylic acids is 1. The van der Waals surface area contributed by atoms with E-state index in [-0.39, 0.29) is 5.13 Å². The molecule has 0 aliphatic heterocycles. The van der Waals surface area contributed by atoms with Crippen LogP contribution in [0.5, 0.6) is 5.75 Å². The Kier molecular flexibility index (Phi) is 6.91. The topological polar surface area (TPSA) is 101 Å². The van der Waals surface area contributed by atoms with Crippen molar-refractivity contribution < 1.29 is 17.9 Å². The Bertz CT molecular complexity index is 1140. The number of hydrogen-bond acceptors (Lipinski definition) is 7. The van der Waals surface area contributed by atoms with Crippen molar-refractivity contribution >= 4 is 38.1 Å². The van der Waals surface area contributed by atoms with Gasteiger partial charge in [-0.15, -0.1) is 10.2 Å². The maximum atomic E-state index is 12.8. The number of carbonyl (C=O) groups is 1. The molecular weight excluding hydrogens is 436 g/mol. The number of methoxy groups -OCH3 is 1. The van der Waals surface area contributed by atoms with E-state index in [0.717, 1.165) is 33.9 Å². The zero-order valence-electron chi connectivity index (χ0n) is 17.7. The molecule has 164 valence electrons. The number of rotatable bonds is 8. The predicted octanol–water partition coefficient (Wildman–Crippen LogP) is 3.57. The number of nitrogens with one attached hydrogen (secondary N) is 1. The summed E-state index contributed by atoms with van der Waals surface area (Å²) in [6.07, 6.45) is 1.92. The summed E-state index contributed by atoms with van der Waals surface area (Å²) >= 11 is 1.20. The lowest BCUT2D eigenvalue weighted by Gasteiger charge is -2.28. The molecule has 0 fully saturated rings. The van der Waals surface area contributed by atoms with Crippen LogP contribution in [0.3, 0.4) is 0 Å². The second-order valence-corrected chi connectivity index (χ2v) is 9.72. The number of aryl methyl sites for hydroxylation is 1. The maximum absolute atomic E-state index is 12.8. The minimum absolute atomic E-state index is 0.289. The van der Waals surface area contributed by atoms with E-state index < -0.39 is 22.0 Å². The Balaban J connectivity index is 1.78. The summed E-state index contributed by atoms with van der Waals surface area (Å²) < 4.78 is 31.1. The fraction of sp³-hybridized carbons (Fsp3) is 0.286. The molecule has 8 nitrogen and oxygen atoms in total. The first kappa shape index (κ1) is 22.7. The summed E-state index contributed by atoms with van der Waals surface area (Å²) in [4.78, 5) is 12.8. The average molecular weight is 461 g/mol. The van der Waals surface area contributed by atoms with Crippen molar-refractivity contribution in [3.05, 3.63) is 54.1 Å². The second kappa shape index (κ2) is 9.44. The highest BCUT2D eigenvalue weighted by molar-refractivity contribution is 7.92. The fourth-order valence-corrected chi connectivity index (χ4v) is 4.95. The highest BCUT2D eigenvalue weighted by atomic mass is 32.2. The van der Waals surface area contributed by atoms with Gasteiger partial charge in [0, 0.05) is 5.56 Å². The quantitative estimate of drug-likeness (QED) is 0.551. The molecule has 3 aromatic rings. The van der Waals surface area contributed by atoms with E-state index in [0.29, 0.717) is 10.7 Å². The van der Waals surface area contributed by atoms with E-state index in [2.05, 4.69) is 15.5 Å². The molecule has 1 N–H and O–H groups in total. The fourth-order valence-electron chi connectivity index (χ4n) is 3.02. The van der Waals surface area contributed by atoms with Gasteiger partial charge in [0.2, 0.25) is 21.1 Å². The number of amides is 1. The van der Waals surface area contributed by atoms with Crippen molar-refractivity contribution in [1.29, 1.82) is 0 Å². The first-order valence-corrected chi connectivity index (χ1v) is 12.3. The number of aromatic nitrogens is 2. The normalized spacial score (nSPS) is 12.3. The van der Waals surface area contributed by atoms with Gasteiger partial charge in [-0.1, -0.05) is 30.4 Å². The number of hydrogen-bond donors (Lipinski definition) is 1. The van der Waals surface area contributed by atoms with E-state index in [4.69, 9.17) is 4.74 Å². The molecule has 10 heteroatoms. The smallest absolute Gasteiger partial charge is 0.249 e. The van der Waals surface area contributed by atoms with E-state index in [1.165, 1.54) is 18.3 Å². The van der Waals surface area contributed by atoms with Gasteiger partial charge in [0.25, 0.3) is 0 Å². The lowest BCUT2D eigenvalue weighted by atomic mass is 10.1. The summed E-state index contributed by atoms with van der Waals surface area (Å²) in [6, 6.07) is 13.4. The van der Waals surface area contributed by atoms with Crippen molar-refractivity contribution in [3.8, 4) is 16.3 Å². The van der Waals surface area contributed by atoms with Gasteiger partial charge in [-0.25, -0.2) is 8.42 Å². The number of anilines is 2. The van der Waals surface area contributed by atoms with Crippen LogP contribution in [0.2, 0.25) is 0 Å². The number of nitrogens with zero attached hydrogens (tertiary/aromatic N) is 3. The van der Waals surface area contributed by atoms with Crippen LogP contribution < -0.4 is 14.4 Å². The van der Waals surface area contributed by atoms with Crippen molar-refractivity contribution in [2.75, 3.05) is 23.0 Å². The monoisotopic (exact) mass is 460 g/mol. The molecule has 0 spiro atoms. The van der Waals surface area contributed by atoms with Crippen LogP contribution in [0.15, 0.2) is 48.5 Å². The molecule has 0 unspecified atom stereocenters. The summed E-state index contributed by atoms with van der Waals surface area (Å²) in [6.45, 7) is 3.55. The third-order valence-corrected chi connectivity index (χ3v) is 6.81. The van der Waals surface area contributed by atoms with Crippen LogP contribution in [0.25, 0.3) is 10.6 Å². The SMILES string of the molecule is CCc1ccc(N([C@H](C)C(=O)Nc2nnc(-c3ccc(OC)cc3)s2)S(C)(=O)=O)cc1. The Labute approximate surface area is 185 Å². The molecule has 1 amide bonds. The van der Waals surface area contributed by atoms with E-state index in [1.807, 2.05) is 43.3 Å². The highest BCUT2D eigenvalue weighted by Gasteiger charge is 2.29. The van der Waals surface area contributed by atoms with Gasteiger partial charge in [-0.2, -0.15) is 0 Å². The van der Waals surface area contributed by atoms with Gasteiger partial charge in [0.05, 0.1) is 19.1 Å². The molecule has 0 aliphatic carbocycles. The Morgan fingerprint density at radius 1 is 1.13 bits per heavy atom. The zero-order chi connectivity index (χ0) is 22.6. The molecular formula is C21H24N4O4S2. The molecule has 0 saturated carbocycles. The molecule has 0 bridgehead atoms. The molecule has 1 aromatic heterocycles. The lowest BCUT2D eigenvalue weighted by Crippen LogP contribution is -2.45. The van der Waals surface area contributed by atoms with Crippen molar-refractivity contribution in [3.63, 3.8) is 0 Å². The largest absolute Gasteiger partial charge is 0.497 e. The van der Waals surface area contributed by atoms with Crippen LogP contribution in [-0.2, 0) is 21.2 Å². The minimum atomic E-state index is -3.69. The molecule has 0 radical (unpaired) electrons. The average Bonchev–Trinajstić information content (AvgIpc) is 3.21. The third-order valence-electron chi connectivity index (χ3n) is 4.68. The van der Waals surface area contributed by atoms with E-state index in [9.17, 15) is 13.2 Å². The molecule has 1 heterocycles. The van der Waals surface area contributed by atoms with Gasteiger partial charge >= 0.3 is 0 Å². The highest BCUT2D eigenvalue weighted by Crippen LogP contribution is 2.28. The van der Waals surface area contributed by atoms with Crippen molar-refractivity contribution in [2.45, 2.75) is 26.3 Å². The number of sulfonamides is 1. The van der Waals surface area contributed by atoms with Gasteiger partial charge in [0.15, 0.2) is 0 Å². The predicted molar refractivity (Wildman–Crippen MR) is 123 cm³/mol. The maximum Gasteiger partial charge on any atom is 0.249 e. The van der Waals surface area contributed by atoms with Gasteiger partial charge in [-0.05, 0) is 55.3 Å². The molecule has 3 rings (SSSR count). The van der Waals surface area contributed by atoms with Crippen LogP contribution in [0.1, 0.15) is 19.4 Å². The first-order valence-electron chi connectivity index (χ1n) is 9.60. The molecule has 1 atom stereocenters. The van der Waals surface area contributed by atoms with Gasteiger partial charge in [-0.3, -0.25) is 14.4 Å². The summed E-state index contributed by atoms with van der Waals surface area (Å²) in [7, 11) is -2.10. The number of ether oxygens (including phenoxy) is 1. The summed E-state index contributed by atoms with van der Waals surface area (Å²) in [5.41, 5.74) is 2.34. The Morgan fingerprint density at radius 3 is 2.32 bits per heavy atom. The van der Waals surface area contributed by atoms with Crippen LogP contribution >= 0.6 is 11.3 Å². The Hall–Kier alpha value is -2.98. The second-order valence-electron chi connectivity index (χ2n) is 6.88. The standard InChI is InChI=1S/C21H24N4O4S2/c1-5-15-6-10-17(11-7-15)25(31(4,27)28)14(2)19(26)22-21-24-23-20(30-21)16-8-12-18(29-3)13-9-16/h6-14H,5H2,1-4H3,(H,22,24,26)/t14-/m1/s1. The van der Waals surface area contributed by atoms with Crippen molar-refractivity contribution in [1.82, 2.24) is 10.2 Å². The molecule has 0 aliphatic rings. The van der Waals surface area contributed by atoms with E-state index in [1.54, 1.807) is 19.2 Å². The Morgan fingerprint density at radius 2 is 1.77 bits per heavy atom. The van der Waals surface area contributed by atoms with Crippen molar-refractivity contribution in [2.24, 2.45) is 0 Å². The molecule has 0 saturated heterocycles. The van der Waals surface area contributed by atoms with E-state index >= 15 is 0 Å². The summed E-state index contributed by atoms with van der Waals surface area (Å²) in [5, 5.41) is 11.7. The summed E-state index contributed by atoms with van der Waals surface area (Å²) in [5.74, 6) is 0.228. The molecule has 2 aromatic carbocycles. The van der Waals surface area contributed by atoms with Crippen LogP contribution in [0.4, 0.5) is 10.8 Å². The first-order chi connectivity index (χ1) is 14.7. The van der Waals surface area contributed by atoms with Crippen LogP contribution in [-0.4, -0.2) is 43.9 Å². The minimum Gasteiger partial charge on any atom is -0.497 e. The van der Waals surface area contributed by atoms with Gasteiger partial charge < -0.3 is 4.74 Å².